The zero-order valence-electron chi connectivity index (χ0n) is 10.6. The van der Waals surface area contributed by atoms with Gasteiger partial charge in [-0.15, -0.1) is 0 Å². The van der Waals surface area contributed by atoms with E-state index in [-0.39, 0.29) is 0 Å². The van der Waals surface area contributed by atoms with E-state index in [4.69, 9.17) is 0 Å². The molecule has 17 heavy (non-hydrogen) atoms. The number of amides is 1. The summed E-state index contributed by atoms with van der Waals surface area (Å²) in [5.41, 5.74) is 1.04. The lowest BCUT2D eigenvalue weighted by atomic mass is 10.3. The molecule has 1 amide bonds. The van der Waals surface area contributed by atoms with E-state index in [9.17, 15) is 4.79 Å². The van der Waals surface area contributed by atoms with Crippen LogP contribution < -0.4 is 10.2 Å². The maximum atomic E-state index is 11.0. The Bertz CT molecular complexity index is 351. The first-order valence-electron chi connectivity index (χ1n) is 5.69. The van der Waals surface area contributed by atoms with E-state index in [1.54, 1.807) is 12.3 Å². The number of anilines is 2. The SMILES string of the molecule is CCCCN(C)c1ccc(NC(=O)OC)nc1. The average molecular weight is 237 g/mol. The Morgan fingerprint density at radius 1 is 1.53 bits per heavy atom. The van der Waals surface area contributed by atoms with Gasteiger partial charge in [0.25, 0.3) is 0 Å². The third-order valence-corrected chi connectivity index (χ3v) is 2.45. The van der Waals surface area contributed by atoms with Crippen molar-refractivity contribution < 1.29 is 9.53 Å². The number of ether oxygens (including phenoxy) is 1. The number of nitrogens with one attached hydrogen (secondary N) is 1. The van der Waals surface area contributed by atoms with Gasteiger partial charge >= 0.3 is 6.09 Å². The first kappa shape index (κ1) is 13.3. The summed E-state index contributed by atoms with van der Waals surface area (Å²) < 4.78 is 4.48. The van der Waals surface area contributed by atoms with Crippen LogP contribution >= 0.6 is 0 Å². The summed E-state index contributed by atoms with van der Waals surface area (Å²) in [4.78, 5) is 17.2. The first-order valence-corrected chi connectivity index (χ1v) is 5.69. The number of pyridine rings is 1. The lowest BCUT2D eigenvalue weighted by molar-refractivity contribution is 0.187. The molecule has 0 aromatic carbocycles. The first-order chi connectivity index (χ1) is 8.17. The zero-order chi connectivity index (χ0) is 12.7. The molecule has 1 N–H and O–H groups in total. The number of rotatable bonds is 5. The van der Waals surface area contributed by atoms with Crippen LogP contribution in [0, 0.1) is 0 Å². The van der Waals surface area contributed by atoms with E-state index >= 15 is 0 Å². The maximum Gasteiger partial charge on any atom is 0.412 e. The second kappa shape index (κ2) is 6.73. The van der Waals surface area contributed by atoms with Crippen LogP contribution in [0.4, 0.5) is 16.3 Å². The van der Waals surface area contributed by atoms with Gasteiger partial charge in [-0.3, -0.25) is 5.32 Å². The number of hydrogen-bond donors (Lipinski definition) is 1. The van der Waals surface area contributed by atoms with Crippen LogP contribution in [0.3, 0.4) is 0 Å². The second-order valence-electron chi connectivity index (χ2n) is 3.79. The summed E-state index contributed by atoms with van der Waals surface area (Å²) in [5, 5.41) is 2.51. The molecule has 5 heteroatoms. The zero-order valence-corrected chi connectivity index (χ0v) is 10.6. The Morgan fingerprint density at radius 3 is 2.82 bits per heavy atom. The number of hydrogen-bond acceptors (Lipinski definition) is 4. The summed E-state index contributed by atoms with van der Waals surface area (Å²) in [6.07, 6.45) is 3.55. The van der Waals surface area contributed by atoms with Crippen molar-refractivity contribution in [2.75, 3.05) is 30.9 Å². The molecule has 0 aliphatic carbocycles. The molecule has 1 heterocycles. The summed E-state index contributed by atoms with van der Waals surface area (Å²) in [6, 6.07) is 3.68. The predicted octanol–water partition coefficient (Wildman–Crippen LogP) is 2.50. The fourth-order valence-corrected chi connectivity index (χ4v) is 1.37. The molecule has 0 atom stereocenters. The van der Waals surface area contributed by atoms with E-state index in [1.807, 2.05) is 13.1 Å². The number of unbranched alkanes of at least 4 members (excludes halogenated alkanes) is 1. The topological polar surface area (TPSA) is 54.5 Å². The average Bonchev–Trinajstić information content (AvgIpc) is 2.36. The van der Waals surface area contributed by atoms with Gasteiger partial charge in [0.1, 0.15) is 5.82 Å². The smallest absolute Gasteiger partial charge is 0.412 e. The minimum absolute atomic E-state index is 0.490. The molecular formula is C12H19N3O2. The number of aromatic nitrogens is 1. The van der Waals surface area contributed by atoms with Crippen LogP contribution in [-0.4, -0.2) is 31.8 Å². The third kappa shape index (κ3) is 4.30. The fraction of sp³-hybridized carbons (Fsp3) is 0.500. The van der Waals surface area contributed by atoms with Gasteiger partial charge in [0.05, 0.1) is 19.0 Å². The number of methoxy groups -OCH3 is 1. The Balaban J connectivity index is 2.57. The van der Waals surface area contributed by atoms with Crippen molar-refractivity contribution in [1.82, 2.24) is 4.98 Å². The molecule has 1 aromatic rings. The standard InChI is InChI=1S/C12H19N3O2/c1-4-5-8-15(2)10-6-7-11(13-9-10)14-12(16)17-3/h6-7,9H,4-5,8H2,1-3H3,(H,13,14,16). The Kier molecular flexibility index (Phi) is 5.26. The van der Waals surface area contributed by atoms with Crippen LogP contribution in [0.1, 0.15) is 19.8 Å². The summed E-state index contributed by atoms with van der Waals surface area (Å²) in [6.45, 7) is 3.16. The van der Waals surface area contributed by atoms with Gasteiger partial charge in [0.15, 0.2) is 0 Å². The molecule has 0 saturated carbocycles. The van der Waals surface area contributed by atoms with Crippen molar-refractivity contribution in [3.8, 4) is 0 Å². The quantitative estimate of drug-likeness (QED) is 0.854. The van der Waals surface area contributed by atoms with E-state index in [0.717, 1.165) is 18.7 Å². The van der Waals surface area contributed by atoms with E-state index in [2.05, 4.69) is 26.9 Å². The molecule has 5 nitrogen and oxygen atoms in total. The molecule has 0 radical (unpaired) electrons. The molecule has 0 bridgehead atoms. The predicted molar refractivity (Wildman–Crippen MR) is 68.4 cm³/mol. The van der Waals surface area contributed by atoms with Gasteiger partial charge in [-0.05, 0) is 18.6 Å². The van der Waals surface area contributed by atoms with Gasteiger partial charge in [0.2, 0.25) is 0 Å². The summed E-state index contributed by atoms with van der Waals surface area (Å²) in [7, 11) is 3.35. The Hall–Kier alpha value is -1.78. The largest absolute Gasteiger partial charge is 0.453 e. The highest BCUT2D eigenvalue weighted by molar-refractivity contribution is 5.83. The van der Waals surface area contributed by atoms with Crippen molar-refractivity contribution in [2.24, 2.45) is 0 Å². The van der Waals surface area contributed by atoms with Crippen LogP contribution in [0.15, 0.2) is 18.3 Å². The van der Waals surface area contributed by atoms with E-state index in [0.29, 0.717) is 5.82 Å². The normalized spacial score (nSPS) is 9.82. The van der Waals surface area contributed by atoms with Crippen molar-refractivity contribution in [2.45, 2.75) is 19.8 Å². The van der Waals surface area contributed by atoms with Crippen LogP contribution in [0.25, 0.3) is 0 Å². The molecule has 0 aliphatic heterocycles. The van der Waals surface area contributed by atoms with Crippen molar-refractivity contribution >= 4 is 17.6 Å². The lowest BCUT2D eigenvalue weighted by Crippen LogP contribution is -2.18. The molecule has 0 fully saturated rings. The highest BCUT2D eigenvalue weighted by Gasteiger charge is 2.03. The van der Waals surface area contributed by atoms with Gasteiger partial charge in [0, 0.05) is 13.6 Å². The van der Waals surface area contributed by atoms with Crippen LogP contribution in [0.5, 0.6) is 0 Å². The Labute approximate surface area is 102 Å². The van der Waals surface area contributed by atoms with Gasteiger partial charge in [-0.2, -0.15) is 0 Å². The summed E-state index contributed by atoms with van der Waals surface area (Å²) in [5.74, 6) is 0.490. The van der Waals surface area contributed by atoms with Gasteiger partial charge < -0.3 is 9.64 Å². The number of carbonyl (C=O) groups excluding carboxylic acids is 1. The maximum absolute atomic E-state index is 11.0. The molecule has 0 spiro atoms. The van der Waals surface area contributed by atoms with Crippen LogP contribution in [0.2, 0.25) is 0 Å². The van der Waals surface area contributed by atoms with Crippen molar-refractivity contribution in [3.63, 3.8) is 0 Å². The molecule has 0 unspecified atom stereocenters. The molecule has 1 rings (SSSR count). The Morgan fingerprint density at radius 2 is 2.29 bits per heavy atom. The second-order valence-corrected chi connectivity index (χ2v) is 3.79. The molecule has 1 aromatic heterocycles. The molecule has 0 aliphatic rings. The summed E-state index contributed by atoms with van der Waals surface area (Å²) >= 11 is 0. The minimum Gasteiger partial charge on any atom is -0.453 e. The monoisotopic (exact) mass is 237 g/mol. The number of nitrogens with zero attached hydrogens (tertiary/aromatic N) is 2. The highest BCUT2D eigenvalue weighted by Crippen LogP contribution is 2.14. The van der Waals surface area contributed by atoms with Crippen LogP contribution in [-0.2, 0) is 4.74 Å². The lowest BCUT2D eigenvalue weighted by Gasteiger charge is -2.18. The van der Waals surface area contributed by atoms with Crippen molar-refractivity contribution in [3.05, 3.63) is 18.3 Å². The third-order valence-electron chi connectivity index (χ3n) is 2.45. The number of carbonyl (C=O) groups is 1. The highest BCUT2D eigenvalue weighted by atomic mass is 16.5. The molecule has 0 saturated heterocycles. The van der Waals surface area contributed by atoms with Gasteiger partial charge in [-0.1, -0.05) is 13.3 Å². The van der Waals surface area contributed by atoms with E-state index < -0.39 is 6.09 Å². The molecular weight excluding hydrogens is 218 g/mol. The molecule has 94 valence electrons. The minimum atomic E-state index is -0.510. The van der Waals surface area contributed by atoms with E-state index in [1.165, 1.54) is 13.5 Å². The van der Waals surface area contributed by atoms with Crippen molar-refractivity contribution in [1.29, 1.82) is 0 Å². The van der Waals surface area contributed by atoms with Gasteiger partial charge in [-0.25, -0.2) is 9.78 Å². The fourth-order valence-electron chi connectivity index (χ4n) is 1.37.